The van der Waals surface area contributed by atoms with Gasteiger partial charge in [-0.15, -0.1) is 0 Å². The number of ether oxygens (including phenoxy) is 1. The molecule has 0 saturated heterocycles. The molecule has 10 heteroatoms. The summed E-state index contributed by atoms with van der Waals surface area (Å²) in [6.07, 6.45) is 1.72. The second-order valence-electron chi connectivity index (χ2n) is 7.76. The molecule has 0 bridgehead atoms. The fourth-order valence-corrected chi connectivity index (χ4v) is 3.79. The molecular formula is C24H24Cl2N6O2. The number of carbonyl (C=O) groups is 1. The van der Waals surface area contributed by atoms with Crippen LogP contribution < -0.4 is 20.7 Å². The minimum absolute atomic E-state index is 0.277. The third kappa shape index (κ3) is 5.76. The molecule has 3 aromatic rings. The summed E-state index contributed by atoms with van der Waals surface area (Å²) < 4.78 is 5.44. The Morgan fingerprint density at radius 2 is 1.97 bits per heavy atom. The van der Waals surface area contributed by atoms with Crippen LogP contribution in [0.15, 0.2) is 47.6 Å². The minimum atomic E-state index is -0.315. The number of nitrogens with one attached hydrogen (secondary N) is 3. The van der Waals surface area contributed by atoms with Crippen LogP contribution in [-0.2, 0) is 13.1 Å². The average Bonchev–Trinajstić information content (AvgIpc) is 3.37. The molecule has 3 heterocycles. The molecule has 1 aliphatic rings. The molecular weight excluding hydrogens is 475 g/mol. The molecule has 2 aromatic heterocycles. The Labute approximate surface area is 207 Å². The zero-order valence-corrected chi connectivity index (χ0v) is 20.3. The Kier molecular flexibility index (Phi) is 7.49. The van der Waals surface area contributed by atoms with Gasteiger partial charge in [-0.05, 0) is 53.9 Å². The van der Waals surface area contributed by atoms with Crippen LogP contribution in [-0.4, -0.2) is 42.0 Å². The third-order valence-electron chi connectivity index (χ3n) is 5.15. The number of hydrogen-bond donors (Lipinski definition) is 3. The Hall–Kier alpha value is -3.36. The van der Waals surface area contributed by atoms with Crippen molar-refractivity contribution in [3.05, 3.63) is 75.0 Å². The molecule has 0 radical (unpaired) electrons. The third-order valence-corrected chi connectivity index (χ3v) is 5.89. The molecule has 0 saturated carbocycles. The molecule has 176 valence electrons. The lowest BCUT2D eigenvalue weighted by molar-refractivity contribution is 0.0946. The first kappa shape index (κ1) is 23.8. The van der Waals surface area contributed by atoms with E-state index in [1.807, 2.05) is 25.1 Å². The summed E-state index contributed by atoms with van der Waals surface area (Å²) >= 11 is 12.1. The largest absolute Gasteiger partial charge is 0.481 e. The molecule has 4 rings (SSSR count). The van der Waals surface area contributed by atoms with Gasteiger partial charge in [-0.1, -0.05) is 29.3 Å². The fraction of sp³-hybridized carbons (Fsp3) is 0.250. The summed E-state index contributed by atoms with van der Waals surface area (Å²) in [6.45, 7) is 4.23. The lowest BCUT2D eigenvalue weighted by Crippen LogP contribution is -2.33. The number of benzene rings is 1. The average molecular weight is 499 g/mol. The van der Waals surface area contributed by atoms with Crippen molar-refractivity contribution in [1.82, 2.24) is 25.9 Å². The molecule has 34 heavy (non-hydrogen) atoms. The lowest BCUT2D eigenvalue weighted by Gasteiger charge is -2.13. The fourth-order valence-electron chi connectivity index (χ4n) is 3.47. The number of aromatic nitrogens is 2. The highest BCUT2D eigenvalue weighted by atomic mass is 35.5. The maximum absolute atomic E-state index is 13.1. The van der Waals surface area contributed by atoms with Crippen molar-refractivity contribution < 1.29 is 9.53 Å². The van der Waals surface area contributed by atoms with Gasteiger partial charge in [0.1, 0.15) is 5.69 Å². The number of aliphatic imine (C=N–C) groups is 1. The van der Waals surface area contributed by atoms with Crippen molar-refractivity contribution in [1.29, 1.82) is 0 Å². The van der Waals surface area contributed by atoms with Crippen LogP contribution in [0.5, 0.6) is 5.88 Å². The normalized spacial score (nSPS) is 12.6. The van der Waals surface area contributed by atoms with E-state index in [0.717, 1.165) is 35.7 Å². The van der Waals surface area contributed by atoms with E-state index in [2.05, 4.69) is 30.9 Å². The summed E-state index contributed by atoms with van der Waals surface area (Å²) in [5.41, 5.74) is 4.23. The van der Waals surface area contributed by atoms with Crippen LogP contribution in [0.3, 0.4) is 0 Å². The van der Waals surface area contributed by atoms with E-state index in [0.29, 0.717) is 33.7 Å². The second-order valence-corrected chi connectivity index (χ2v) is 8.57. The summed E-state index contributed by atoms with van der Waals surface area (Å²) in [6, 6.07) is 10.8. The number of pyridine rings is 2. The predicted octanol–water partition coefficient (Wildman–Crippen LogP) is 3.75. The number of halogens is 2. The van der Waals surface area contributed by atoms with Crippen LogP contribution in [0.25, 0.3) is 11.3 Å². The standard InChI is InChI=1S/C24H24Cl2N6O2/c1-14-7-17(23(34-2)30-11-14)20-9-16(13-31-24-27-5-6-28-24)10-21(32-20)22(33)29-12-15-3-4-18(25)19(26)8-15/h3-4,7-11H,5-6,12-13H2,1-2H3,(H,29,33)(H2,27,28,31). The van der Waals surface area contributed by atoms with Crippen molar-refractivity contribution in [2.24, 2.45) is 4.99 Å². The van der Waals surface area contributed by atoms with Gasteiger partial charge in [0.15, 0.2) is 5.96 Å². The highest BCUT2D eigenvalue weighted by molar-refractivity contribution is 6.42. The van der Waals surface area contributed by atoms with Crippen molar-refractivity contribution in [3.8, 4) is 17.1 Å². The second kappa shape index (κ2) is 10.7. The summed E-state index contributed by atoms with van der Waals surface area (Å²) in [5, 5.41) is 10.2. The number of methoxy groups -OCH3 is 1. The molecule has 0 atom stereocenters. The quantitative estimate of drug-likeness (QED) is 0.458. The van der Waals surface area contributed by atoms with Crippen LogP contribution in [0, 0.1) is 6.92 Å². The lowest BCUT2D eigenvalue weighted by atomic mass is 10.1. The Bertz CT molecular complexity index is 1250. The molecule has 8 nitrogen and oxygen atoms in total. The first-order chi connectivity index (χ1) is 16.4. The van der Waals surface area contributed by atoms with E-state index in [-0.39, 0.29) is 18.1 Å². The van der Waals surface area contributed by atoms with Gasteiger partial charge in [0.2, 0.25) is 5.88 Å². The van der Waals surface area contributed by atoms with E-state index in [4.69, 9.17) is 27.9 Å². The zero-order valence-electron chi connectivity index (χ0n) is 18.8. The van der Waals surface area contributed by atoms with E-state index < -0.39 is 0 Å². The number of hydrogen-bond acceptors (Lipinski definition) is 7. The van der Waals surface area contributed by atoms with E-state index >= 15 is 0 Å². The smallest absolute Gasteiger partial charge is 0.270 e. The SMILES string of the molecule is COc1ncc(C)cc1-c1cc(CNC2=NCCN2)cc(C(=O)NCc2ccc(Cl)c(Cl)c2)n1. The molecule has 3 N–H and O–H groups in total. The van der Waals surface area contributed by atoms with Gasteiger partial charge in [0, 0.05) is 25.8 Å². The predicted molar refractivity (Wildman–Crippen MR) is 134 cm³/mol. The van der Waals surface area contributed by atoms with Crippen LogP contribution in [0.2, 0.25) is 10.0 Å². The summed E-state index contributed by atoms with van der Waals surface area (Å²) in [7, 11) is 1.56. The molecule has 1 aromatic carbocycles. The van der Waals surface area contributed by atoms with E-state index in [9.17, 15) is 4.79 Å². The van der Waals surface area contributed by atoms with Crippen LogP contribution in [0.4, 0.5) is 0 Å². The van der Waals surface area contributed by atoms with Crippen molar-refractivity contribution in [2.45, 2.75) is 20.0 Å². The number of aryl methyl sites for hydroxylation is 1. The van der Waals surface area contributed by atoms with Crippen molar-refractivity contribution in [2.75, 3.05) is 20.2 Å². The molecule has 1 amide bonds. The first-order valence-electron chi connectivity index (χ1n) is 10.7. The van der Waals surface area contributed by atoms with Gasteiger partial charge in [-0.3, -0.25) is 9.79 Å². The summed E-state index contributed by atoms with van der Waals surface area (Å²) in [5.74, 6) is 0.857. The monoisotopic (exact) mass is 498 g/mol. The summed E-state index contributed by atoms with van der Waals surface area (Å²) in [4.78, 5) is 26.4. The minimum Gasteiger partial charge on any atom is -0.481 e. The highest BCUT2D eigenvalue weighted by Crippen LogP contribution is 2.28. The molecule has 0 unspecified atom stereocenters. The number of guanidine groups is 1. The van der Waals surface area contributed by atoms with Gasteiger partial charge in [0.05, 0.1) is 35.0 Å². The number of rotatable bonds is 7. The maximum Gasteiger partial charge on any atom is 0.270 e. The molecule has 0 spiro atoms. The van der Waals surface area contributed by atoms with E-state index in [1.165, 1.54) is 0 Å². The molecule has 0 fully saturated rings. The maximum atomic E-state index is 13.1. The van der Waals surface area contributed by atoms with Crippen LogP contribution in [0.1, 0.15) is 27.2 Å². The van der Waals surface area contributed by atoms with Gasteiger partial charge in [-0.25, -0.2) is 9.97 Å². The molecule has 1 aliphatic heterocycles. The number of amides is 1. The van der Waals surface area contributed by atoms with Crippen LogP contribution >= 0.6 is 23.2 Å². The Morgan fingerprint density at radius 3 is 2.71 bits per heavy atom. The number of nitrogens with zero attached hydrogens (tertiary/aromatic N) is 3. The van der Waals surface area contributed by atoms with Gasteiger partial charge in [0.25, 0.3) is 5.91 Å². The van der Waals surface area contributed by atoms with Gasteiger partial charge >= 0.3 is 0 Å². The van der Waals surface area contributed by atoms with Gasteiger partial charge < -0.3 is 20.7 Å². The Balaban J connectivity index is 1.62. The molecule has 0 aliphatic carbocycles. The van der Waals surface area contributed by atoms with Gasteiger partial charge in [-0.2, -0.15) is 0 Å². The number of carbonyl (C=O) groups excluding carboxylic acids is 1. The topological polar surface area (TPSA) is 101 Å². The Morgan fingerprint density at radius 1 is 1.12 bits per heavy atom. The zero-order chi connectivity index (χ0) is 24.1. The first-order valence-corrected chi connectivity index (χ1v) is 11.4. The van der Waals surface area contributed by atoms with E-state index in [1.54, 1.807) is 31.5 Å². The van der Waals surface area contributed by atoms with Crippen molar-refractivity contribution in [3.63, 3.8) is 0 Å². The highest BCUT2D eigenvalue weighted by Gasteiger charge is 2.16. The van der Waals surface area contributed by atoms with Crippen molar-refractivity contribution >= 4 is 35.1 Å².